The van der Waals surface area contributed by atoms with E-state index in [1.54, 1.807) is 0 Å². The quantitative estimate of drug-likeness (QED) is 0.713. The van der Waals surface area contributed by atoms with Crippen LogP contribution in [0, 0.1) is 13.8 Å². The van der Waals surface area contributed by atoms with Crippen molar-refractivity contribution >= 4 is 5.95 Å². The van der Waals surface area contributed by atoms with Gasteiger partial charge in [0.25, 0.3) is 0 Å². The van der Waals surface area contributed by atoms with Gasteiger partial charge in [0.1, 0.15) is 0 Å². The Hall–Kier alpha value is -2.34. The highest BCUT2D eigenvalue weighted by atomic mass is 16.5. The zero-order chi connectivity index (χ0) is 20.8. The van der Waals surface area contributed by atoms with Gasteiger partial charge in [-0.3, -0.25) is 4.90 Å². The minimum atomic E-state index is 0.132. The molecule has 1 aromatic carbocycles. The zero-order valence-corrected chi connectivity index (χ0v) is 18.4. The highest BCUT2D eigenvalue weighted by Gasteiger charge is 2.20. The van der Waals surface area contributed by atoms with E-state index in [2.05, 4.69) is 32.3 Å². The Morgan fingerprint density at radius 2 is 1.76 bits per heavy atom. The van der Waals surface area contributed by atoms with Crippen molar-refractivity contribution in [3.05, 3.63) is 41.2 Å². The van der Waals surface area contributed by atoms with Crippen LogP contribution in [-0.4, -0.2) is 46.7 Å². The Labute approximate surface area is 174 Å². The molecule has 0 atom stereocenters. The van der Waals surface area contributed by atoms with Gasteiger partial charge < -0.3 is 14.8 Å². The lowest BCUT2D eigenvalue weighted by molar-refractivity contribution is 0.209. The number of nitrogens with one attached hydrogen (secondary N) is 1. The van der Waals surface area contributed by atoms with Crippen LogP contribution >= 0.6 is 0 Å². The van der Waals surface area contributed by atoms with Gasteiger partial charge in [0.05, 0.1) is 12.7 Å². The molecule has 3 rings (SSSR count). The van der Waals surface area contributed by atoms with E-state index in [1.165, 1.54) is 5.56 Å². The number of piperidine rings is 1. The van der Waals surface area contributed by atoms with Crippen molar-refractivity contribution < 1.29 is 9.47 Å². The molecule has 1 saturated heterocycles. The Kier molecular flexibility index (Phi) is 7.31. The topological polar surface area (TPSA) is 59.5 Å². The first-order valence-electron chi connectivity index (χ1n) is 10.7. The fourth-order valence-corrected chi connectivity index (χ4v) is 3.74. The van der Waals surface area contributed by atoms with Crippen LogP contribution in [0.2, 0.25) is 0 Å². The van der Waals surface area contributed by atoms with Crippen molar-refractivity contribution in [2.75, 3.05) is 25.0 Å². The van der Waals surface area contributed by atoms with E-state index in [1.807, 2.05) is 46.8 Å². The summed E-state index contributed by atoms with van der Waals surface area (Å²) in [5.74, 6) is 2.41. The maximum Gasteiger partial charge on any atom is 0.223 e. The summed E-state index contributed by atoms with van der Waals surface area (Å²) in [6.45, 7) is 13.8. The molecular weight excluding hydrogens is 364 g/mol. The summed E-state index contributed by atoms with van der Waals surface area (Å²) in [6, 6.07) is 8.73. The number of aromatic nitrogens is 2. The van der Waals surface area contributed by atoms with E-state index in [0.29, 0.717) is 12.6 Å². The first kappa shape index (κ1) is 21.4. The summed E-state index contributed by atoms with van der Waals surface area (Å²) in [5, 5.41) is 3.51. The van der Waals surface area contributed by atoms with Crippen LogP contribution in [0.25, 0.3) is 0 Å². The molecule has 0 amide bonds. The number of aryl methyl sites for hydroxylation is 2. The van der Waals surface area contributed by atoms with E-state index in [-0.39, 0.29) is 6.10 Å². The lowest BCUT2D eigenvalue weighted by Gasteiger charge is -2.32. The number of nitrogens with zero attached hydrogens (tertiary/aromatic N) is 3. The predicted octanol–water partition coefficient (Wildman–Crippen LogP) is 4.36. The number of ether oxygens (including phenoxy) is 2. The number of anilines is 1. The SMILES string of the molecule is CCOc1cc(CN2CCC(Nc3nc(C)cc(C)n3)CC2)ccc1OC(C)C. The molecule has 1 aromatic heterocycles. The fourth-order valence-electron chi connectivity index (χ4n) is 3.74. The summed E-state index contributed by atoms with van der Waals surface area (Å²) < 4.78 is 11.7. The number of benzene rings is 1. The van der Waals surface area contributed by atoms with Crippen LogP contribution in [-0.2, 0) is 6.54 Å². The van der Waals surface area contributed by atoms with Crippen molar-refractivity contribution in [2.24, 2.45) is 0 Å². The predicted molar refractivity (Wildman–Crippen MR) is 117 cm³/mol. The van der Waals surface area contributed by atoms with Crippen LogP contribution in [0.15, 0.2) is 24.3 Å². The standard InChI is InChI=1S/C23H34N4O2/c1-6-28-22-14-19(7-8-21(22)29-16(2)3)15-27-11-9-20(10-12-27)26-23-24-17(4)13-18(5)25-23/h7-8,13-14,16,20H,6,9-12,15H2,1-5H3,(H,24,25,26). The van der Waals surface area contributed by atoms with Crippen molar-refractivity contribution in [2.45, 2.75) is 66.2 Å². The van der Waals surface area contributed by atoms with Gasteiger partial charge in [0.15, 0.2) is 11.5 Å². The molecule has 1 aliphatic rings. The minimum absolute atomic E-state index is 0.132. The summed E-state index contributed by atoms with van der Waals surface area (Å²) in [5.41, 5.74) is 3.27. The fraction of sp³-hybridized carbons (Fsp3) is 0.565. The second kappa shape index (κ2) is 9.92. The molecule has 2 aromatic rings. The van der Waals surface area contributed by atoms with Gasteiger partial charge in [-0.15, -0.1) is 0 Å². The lowest BCUT2D eigenvalue weighted by atomic mass is 10.0. The Morgan fingerprint density at radius 3 is 2.38 bits per heavy atom. The molecule has 1 fully saturated rings. The van der Waals surface area contributed by atoms with Crippen LogP contribution < -0.4 is 14.8 Å². The normalized spacial score (nSPS) is 15.5. The largest absolute Gasteiger partial charge is 0.490 e. The second-order valence-corrected chi connectivity index (χ2v) is 8.05. The maximum absolute atomic E-state index is 5.87. The third kappa shape index (κ3) is 6.32. The van der Waals surface area contributed by atoms with Gasteiger partial charge in [0, 0.05) is 37.1 Å². The minimum Gasteiger partial charge on any atom is -0.490 e. The molecule has 0 saturated carbocycles. The molecular formula is C23H34N4O2. The van der Waals surface area contributed by atoms with E-state index >= 15 is 0 Å². The van der Waals surface area contributed by atoms with Crippen LogP contribution in [0.4, 0.5) is 5.95 Å². The molecule has 1 N–H and O–H groups in total. The highest BCUT2D eigenvalue weighted by Crippen LogP contribution is 2.30. The summed E-state index contributed by atoms with van der Waals surface area (Å²) >= 11 is 0. The van der Waals surface area contributed by atoms with Gasteiger partial charge in [-0.1, -0.05) is 6.07 Å². The van der Waals surface area contributed by atoms with Crippen molar-refractivity contribution in [1.29, 1.82) is 0 Å². The van der Waals surface area contributed by atoms with Crippen LogP contribution in [0.5, 0.6) is 11.5 Å². The van der Waals surface area contributed by atoms with E-state index in [9.17, 15) is 0 Å². The van der Waals surface area contributed by atoms with Crippen molar-refractivity contribution in [3.8, 4) is 11.5 Å². The summed E-state index contributed by atoms with van der Waals surface area (Å²) in [4.78, 5) is 11.5. The monoisotopic (exact) mass is 398 g/mol. The number of likely N-dealkylation sites (tertiary alicyclic amines) is 1. The Morgan fingerprint density at radius 1 is 1.07 bits per heavy atom. The van der Waals surface area contributed by atoms with Gasteiger partial charge in [-0.2, -0.15) is 0 Å². The van der Waals surface area contributed by atoms with E-state index < -0.39 is 0 Å². The van der Waals surface area contributed by atoms with Gasteiger partial charge >= 0.3 is 0 Å². The van der Waals surface area contributed by atoms with Crippen molar-refractivity contribution in [1.82, 2.24) is 14.9 Å². The summed E-state index contributed by atoms with van der Waals surface area (Å²) in [6.07, 6.45) is 2.31. The molecule has 6 heteroatoms. The third-order valence-electron chi connectivity index (χ3n) is 4.98. The highest BCUT2D eigenvalue weighted by molar-refractivity contribution is 5.43. The molecule has 1 aliphatic heterocycles. The Bertz CT molecular complexity index is 781. The molecule has 0 radical (unpaired) electrons. The number of hydrogen-bond donors (Lipinski definition) is 1. The van der Waals surface area contributed by atoms with Gasteiger partial charge in [0.2, 0.25) is 5.95 Å². The molecule has 2 heterocycles. The van der Waals surface area contributed by atoms with Crippen molar-refractivity contribution in [3.63, 3.8) is 0 Å². The number of rotatable bonds is 8. The maximum atomic E-state index is 5.87. The molecule has 6 nitrogen and oxygen atoms in total. The Balaban J connectivity index is 1.55. The molecule has 0 bridgehead atoms. The third-order valence-corrected chi connectivity index (χ3v) is 4.98. The first-order valence-corrected chi connectivity index (χ1v) is 10.7. The number of hydrogen-bond acceptors (Lipinski definition) is 6. The summed E-state index contributed by atoms with van der Waals surface area (Å²) in [7, 11) is 0. The first-order chi connectivity index (χ1) is 13.9. The lowest BCUT2D eigenvalue weighted by Crippen LogP contribution is -2.39. The van der Waals surface area contributed by atoms with Gasteiger partial charge in [-0.05, 0) is 71.2 Å². The molecule has 29 heavy (non-hydrogen) atoms. The molecule has 158 valence electrons. The zero-order valence-electron chi connectivity index (χ0n) is 18.4. The average Bonchev–Trinajstić information content (AvgIpc) is 2.64. The molecule has 0 aliphatic carbocycles. The smallest absolute Gasteiger partial charge is 0.223 e. The van der Waals surface area contributed by atoms with Crippen LogP contribution in [0.3, 0.4) is 0 Å². The second-order valence-electron chi connectivity index (χ2n) is 8.05. The average molecular weight is 399 g/mol. The van der Waals surface area contributed by atoms with Gasteiger partial charge in [-0.25, -0.2) is 9.97 Å². The van der Waals surface area contributed by atoms with E-state index in [4.69, 9.17) is 9.47 Å². The van der Waals surface area contributed by atoms with Crippen LogP contribution in [0.1, 0.15) is 50.6 Å². The molecule has 0 spiro atoms. The van der Waals surface area contributed by atoms with E-state index in [0.717, 1.165) is 61.3 Å². The molecule has 0 unspecified atom stereocenters.